The molecule has 1 heterocycles. The molecule has 0 saturated carbocycles. The molecule has 20 heavy (non-hydrogen) atoms. The standard InChI is InChI=1S/C15H18N2O3/c1-19-15-7-11(9-18)4-5-14(15)20-10-12-3-2-6-17-13(12)8-16/h2-7,18H,8-10,16H2,1H3. The van der Waals surface area contributed by atoms with Crippen LogP contribution in [-0.4, -0.2) is 17.2 Å². The second-order valence-electron chi connectivity index (χ2n) is 4.25. The predicted octanol–water partition coefficient (Wildman–Crippen LogP) is 1.62. The van der Waals surface area contributed by atoms with Gasteiger partial charge in [-0.1, -0.05) is 12.1 Å². The zero-order valence-electron chi connectivity index (χ0n) is 11.4. The molecule has 106 valence electrons. The molecule has 0 aliphatic rings. The van der Waals surface area contributed by atoms with Gasteiger partial charge in [-0.05, 0) is 23.8 Å². The number of rotatable bonds is 6. The molecular weight excluding hydrogens is 256 g/mol. The molecule has 1 aromatic heterocycles. The van der Waals surface area contributed by atoms with Gasteiger partial charge in [-0.3, -0.25) is 4.98 Å². The van der Waals surface area contributed by atoms with Gasteiger partial charge in [-0.25, -0.2) is 0 Å². The van der Waals surface area contributed by atoms with E-state index in [1.807, 2.05) is 12.1 Å². The van der Waals surface area contributed by atoms with E-state index in [1.54, 1.807) is 31.5 Å². The normalized spacial score (nSPS) is 10.3. The van der Waals surface area contributed by atoms with Gasteiger partial charge in [-0.15, -0.1) is 0 Å². The lowest BCUT2D eigenvalue weighted by atomic mass is 10.2. The van der Waals surface area contributed by atoms with E-state index in [-0.39, 0.29) is 6.61 Å². The Bertz CT molecular complexity index is 573. The molecule has 0 aliphatic carbocycles. The fourth-order valence-electron chi connectivity index (χ4n) is 1.87. The highest BCUT2D eigenvalue weighted by atomic mass is 16.5. The molecule has 0 unspecified atom stereocenters. The first kappa shape index (κ1) is 14.3. The summed E-state index contributed by atoms with van der Waals surface area (Å²) in [6.45, 7) is 0.714. The van der Waals surface area contributed by atoms with Gasteiger partial charge in [0.15, 0.2) is 11.5 Å². The summed E-state index contributed by atoms with van der Waals surface area (Å²) in [5, 5.41) is 9.11. The van der Waals surface area contributed by atoms with Crippen LogP contribution in [-0.2, 0) is 19.8 Å². The van der Waals surface area contributed by atoms with Crippen molar-refractivity contribution in [3.63, 3.8) is 0 Å². The van der Waals surface area contributed by atoms with E-state index in [2.05, 4.69) is 4.98 Å². The second-order valence-corrected chi connectivity index (χ2v) is 4.25. The van der Waals surface area contributed by atoms with Crippen molar-refractivity contribution >= 4 is 0 Å². The summed E-state index contributed by atoms with van der Waals surface area (Å²) < 4.78 is 11.0. The molecule has 0 radical (unpaired) electrons. The number of aromatic nitrogens is 1. The number of methoxy groups -OCH3 is 1. The number of nitrogens with two attached hydrogens (primary N) is 1. The van der Waals surface area contributed by atoms with Gasteiger partial charge in [0.2, 0.25) is 0 Å². The van der Waals surface area contributed by atoms with Gasteiger partial charge in [0.25, 0.3) is 0 Å². The summed E-state index contributed by atoms with van der Waals surface area (Å²) in [6.07, 6.45) is 1.71. The van der Waals surface area contributed by atoms with Gasteiger partial charge in [-0.2, -0.15) is 0 Å². The molecule has 0 spiro atoms. The van der Waals surface area contributed by atoms with Gasteiger partial charge >= 0.3 is 0 Å². The SMILES string of the molecule is COc1cc(CO)ccc1OCc1cccnc1CN. The first-order chi connectivity index (χ1) is 9.78. The zero-order chi connectivity index (χ0) is 14.4. The molecular formula is C15H18N2O3. The van der Waals surface area contributed by atoms with Crippen molar-refractivity contribution < 1.29 is 14.6 Å². The lowest BCUT2D eigenvalue weighted by Crippen LogP contribution is -2.07. The summed E-state index contributed by atoms with van der Waals surface area (Å²) in [6, 6.07) is 9.12. The van der Waals surface area contributed by atoms with Gasteiger partial charge < -0.3 is 20.3 Å². The zero-order valence-corrected chi connectivity index (χ0v) is 11.4. The topological polar surface area (TPSA) is 77.6 Å². The van der Waals surface area contributed by atoms with Crippen LogP contribution in [0.5, 0.6) is 11.5 Å². The highest BCUT2D eigenvalue weighted by Gasteiger charge is 2.08. The Morgan fingerprint density at radius 2 is 2.10 bits per heavy atom. The number of ether oxygens (including phenoxy) is 2. The lowest BCUT2D eigenvalue weighted by Gasteiger charge is -2.13. The van der Waals surface area contributed by atoms with Crippen LogP contribution in [0, 0.1) is 0 Å². The molecule has 1 aromatic carbocycles. The van der Waals surface area contributed by atoms with E-state index < -0.39 is 0 Å². The number of nitrogens with zero attached hydrogens (tertiary/aromatic N) is 1. The average molecular weight is 274 g/mol. The lowest BCUT2D eigenvalue weighted by molar-refractivity contribution is 0.273. The summed E-state index contributed by atoms with van der Waals surface area (Å²) >= 11 is 0. The van der Waals surface area contributed by atoms with Crippen molar-refractivity contribution in [2.75, 3.05) is 7.11 Å². The van der Waals surface area contributed by atoms with Crippen molar-refractivity contribution in [2.45, 2.75) is 19.8 Å². The van der Waals surface area contributed by atoms with Crippen molar-refractivity contribution in [2.24, 2.45) is 5.73 Å². The fraction of sp³-hybridized carbons (Fsp3) is 0.267. The Hall–Kier alpha value is -2.11. The maximum absolute atomic E-state index is 9.11. The van der Waals surface area contributed by atoms with Crippen LogP contribution in [0.3, 0.4) is 0 Å². The van der Waals surface area contributed by atoms with E-state index >= 15 is 0 Å². The van der Waals surface area contributed by atoms with E-state index in [0.29, 0.717) is 24.7 Å². The third-order valence-corrected chi connectivity index (χ3v) is 2.97. The van der Waals surface area contributed by atoms with Crippen LogP contribution in [0.4, 0.5) is 0 Å². The Kier molecular flexibility index (Phi) is 4.92. The minimum absolute atomic E-state index is 0.0312. The van der Waals surface area contributed by atoms with Gasteiger partial charge in [0.1, 0.15) is 6.61 Å². The number of aliphatic hydroxyl groups excluding tert-OH is 1. The Morgan fingerprint density at radius 3 is 2.80 bits per heavy atom. The third kappa shape index (κ3) is 3.26. The maximum Gasteiger partial charge on any atom is 0.161 e. The highest BCUT2D eigenvalue weighted by molar-refractivity contribution is 5.43. The monoisotopic (exact) mass is 274 g/mol. The van der Waals surface area contributed by atoms with Crippen molar-refractivity contribution in [3.05, 3.63) is 53.3 Å². The summed E-state index contributed by atoms with van der Waals surface area (Å²) in [4.78, 5) is 4.21. The largest absolute Gasteiger partial charge is 0.493 e. The molecule has 0 aliphatic heterocycles. The van der Waals surface area contributed by atoms with Crippen LogP contribution >= 0.6 is 0 Å². The fourth-order valence-corrected chi connectivity index (χ4v) is 1.87. The van der Waals surface area contributed by atoms with E-state index in [4.69, 9.17) is 20.3 Å². The quantitative estimate of drug-likeness (QED) is 0.837. The van der Waals surface area contributed by atoms with E-state index in [9.17, 15) is 0 Å². The smallest absolute Gasteiger partial charge is 0.161 e. The molecule has 0 atom stereocenters. The molecule has 3 N–H and O–H groups in total. The minimum Gasteiger partial charge on any atom is -0.493 e. The van der Waals surface area contributed by atoms with E-state index in [0.717, 1.165) is 16.8 Å². The maximum atomic E-state index is 9.11. The molecule has 5 heteroatoms. The van der Waals surface area contributed by atoms with Crippen LogP contribution in [0.2, 0.25) is 0 Å². The molecule has 2 rings (SSSR count). The van der Waals surface area contributed by atoms with Crippen molar-refractivity contribution in [1.29, 1.82) is 0 Å². The minimum atomic E-state index is -0.0312. The number of hydrogen-bond donors (Lipinski definition) is 2. The molecule has 0 amide bonds. The van der Waals surface area contributed by atoms with Crippen LogP contribution in [0.1, 0.15) is 16.8 Å². The van der Waals surface area contributed by atoms with Crippen LogP contribution in [0.15, 0.2) is 36.5 Å². The van der Waals surface area contributed by atoms with Gasteiger partial charge in [0.05, 0.1) is 19.4 Å². The molecule has 0 bridgehead atoms. The third-order valence-electron chi connectivity index (χ3n) is 2.97. The van der Waals surface area contributed by atoms with Crippen molar-refractivity contribution in [1.82, 2.24) is 4.98 Å². The first-order valence-electron chi connectivity index (χ1n) is 6.32. The number of hydrogen-bond acceptors (Lipinski definition) is 5. The van der Waals surface area contributed by atoms with E-state index in [1.165, 1.54) is 0 Å². The second kappa shape index (κ2) is 6.88. The predicted molar refractivity (Wildman–Crippen MR) is 75.4 cm³/mol. The molecule has 0 fully saturated rings. The Balaban J connectivity index is 2.14. The highest BCUT2D eigenvalue weighted by Crippen LogP contribution is 2.29. The summed E-state index contributed by atoms with van der Waals surface area (Å²) in [5.41, 5.74) is 8.18. The van der Waals surface area contributed by atoms with Gasteiger partial charge in [0, 0.05) is 18.3 Å². The average Bonchev–Trinajstić information content (AvgIpc) is 2.52. The van der Waals surface area contributed by atoms with Crippen molar-refractivity contribution in [3.8, 4) is 11.5 Å². The summed E-state index contributed by atoms with van der Waals surface area (Å²) in [7, 11) is 1.57. The molecule has 0 saturated heterocycles. The number of pyridine rings is 1. The molecule has 5 nitrogen and oxygen atoms in total. The number of aliphatic hydroxyl groups is 1. The molecule has 2 aromatic rings. The van der Waals surface area contributed by atoms with Crippen LogP contribution < -0.4 is 15.2 Å². The Morgan fingerprint density at radius 1 is 1.25 bits per heavy atom. The Labute approximate surface area is 118 Å². The first-order valence-corrected chi connectivity index (χ1v) is 6.32. The van der Waals surface area contributed by atoms with Crippen LogP contribution in [0.25, 0.3) is 0 Å². The summed E-state index contributed by atoms with van der Waals surface area (Å²) in [5.74, 6) is 1.21. The number of benzene rings is 1.